The highest BCUT2D eigenvalue weighted by Crippen LogP contribution is 2.23. The summed E-state index contributed by atoms with van der Waals surface area (Å²) in [6.07, 6.45) is 3.50. The summed E-state index contributed by atoms with van der Waals surface area (Å²) < 4.78 is 7.36. The number of pyridine rings is 1. The average molecular weight is 310 g/mol. The third-order valence-corrected chi connectivity index (χ3v) is 4.09. The number of hydrogen-bond donors (Lipinski definition) is 1. The van der Waals surface area contributed by atoms with Crippen molar-refractivity contribution in [1.29, 1.82) is 0 Å². The Bertz CT molecular complexity index is 845. The molecule has 1 aliphatic rings. The molecule has 7 heteroatoms. The van der Waals surface area contributed by atoms with E-state index >= 15 is 0 Å². The van der Waals surface area contributed by atoms with E-state index in [1.54, 1.807) is 6.20 Å². The molecule has 2 N–H and O–H groups in total. The van der Waals surface area contributed by atoms with Gasteiger partial charge in [-0.2, -0.15) is 0 Å². The summed E-state index contributed by atoms with van der Waals surface area (Å²) in [5, 5.41) is 4.78. The molecule has 0 aromatic carbocycles. The molecule has 1 fully saturated rings. The maximum absolute atomic E-state index is 5.79. The average Bonchev–Trinajstić information content (AvgIpc) is 2.98. The molecule has 0 bridgehead atoms. The van der Waals surface area contributed by atoms with E-state index < -0.39 is 0 Å². The van der Waals surface area contributed by atoms with Gasteiger partial charge in [0.1, 0.15) is 11.6 Å². The predicted octanol–water partition coefficient (Wildman–Crippen LogP) is 1.60. The lowest BCUT2D eigenvalue weighted by molar-refractivity contribution is 0.0984. The number of fused-ring (bicyclic) bond motifs is 1. The van der Waals surface area contributed by atoms with Gasteiger partial charge in [0, 0.05) is 18.3 Å². The van der Waals surface area contributed by atoms with Gasteiger partial charge in [0.2, 0.25) is 0 Å². The molecule has 7 nitrogen and oxygen atoms in total. The highest BCUT2D eigenvalue weighted by molar-refractivity contribution is 5.65. The number of anilines is 2. The van der Waals surface area contributed by atoms with Crippen molar-refractivity contribution in [2.24, 2.45) is 0 Å². The maximum Gasteiger partial charge on any atom is 0.154 e. The van der Waals surface area contributed by atoms with Crippen molar-refractivity contribution in [3.8, 4) is 11.3 Å². The highest BCUT2D eigenvalue weighted by atomic mass is 16.5. The van der Waals surface area contributed by atoms with Crippen LogP contribution in [-0.2, 0) is 4.74 Å². The van der Waals surface area contributed by atoms with Crippen LogP contribution in [0, 0.1) is 0 Å². The van der Waals surface area contributed by atoms with Gasteiger partial charge in [-0.05, 0) is 31.2 Å². The van der Waals surface area contributed by atoms with Crippen LogP contribution in [0.4, 0.5) is 11.6 Å². The Morgan fingerprint density at radius 3 is 3.00 bits per heavy atom. The summed E-state index contributed by atoms with van der Waals surface area (Å²) >= 11 is 0. The lowest BCUT2D eigenvalue weighted by Gasteiger charge is -2.34. The third-order valence-electron chi connectivity index (χ3n) is 4.09. The minimum Gasteiger partial charge on any atom is -0.384 e. The fourth-order valence-corrected chi connectivity index (χ4v) is 2.89. The van der Waals surface area contributed by atoms with Crippen molar-refractivity contribution in [2.75, 3.05) is 30.4 Å². The van der Waals surface area contributed by atoms with Crippen LogP contribution in [0.3, 0.4) is 0 Å². The Kier molecular flexibility index (Phi) is 3.34. The van der Waals surface area contributed by atoms with E-state index in [2.05, 4.69) is 21.8 Å². The van der Waals surface area contributed by atoms with Crippen molar-refractivity contribution in [1.82, 2.24) is 19.6 Å². The smallest absolute Gasteiger partial charge is 0.154 e. The van der Waals surface area contributed by atoms with Crippen molar-refractivity contribution in [3.05, 3.63) is 36.7 Å². The molecule has 0 spiro atoms. The number of imidazole rings is 1. The van der Waals surface area contributed by atoms with Crippen LogP contribution in [0.2, 0.25) is 0 Å². The molecule has 3 aromatic heterocycles. The largest absolute Gasteiger partial charge is 0.384 e. The molecule has 1 aliphatic heterocycles. The molecule has 4 rings (SSSR count). The van der Waals surface area contributed by atoms with Gasteiger partial charge >= 0.3 is 0 Å². The number of nitrogens with zero attached hydrogens (tertiary/aromatic N) is 5. The Morgan fingerprint density at radius 2 is 2.17 bits per heavy atom. The van der Waals surface area contributed by atoms with Crippen LogP contribution in [0.25, 0.3) is 16.9 Å². The van der Waals surface area contributed by atoms with E-state index in [4.69, 9.17) is 15.6 Å². The maximum atomic E-state index is 5.79. The lowest BCUT2D eigenvalue weighted by atomic mass is 10.2. The highest BCUT2D eigenvalue weighted by Gasteiger charge is 2.21. The first-order valence-electron chi connectivity index (χ1n) is 7.63. The zero-order valence-electron chi connectivity index (χ0n) is 12.9. The minimum absolute atomic E-state index is 0.303. The molecule has 118 valence electrons. The van der Waals surface area contributed by atoms with E-state index in [1.165, 1.54) is 0 Å². The van der Waals surface area contributed by atoms with Gasteiger partial charge in [0.25, 0.3) is 0 Å². The molecule has 0 aliphatic carbocycles. The first kappa shape index (κ1) is 14.0. The fraction of sp³-hybridized carbons (Fsp3) is 0.312. The summed E-state index contributed by atoms with van der Waals surface area (Å²) in [5.41, 5.74) is 8.44. The molecule has 0 amide bonds. The monoisotopic (exact) mass is 310 g/mol. The molecule has 23 heavy (non-hydrogen) atoms. The predicted molar refractivity (Wildman–Crippen MR) is 88.3 cm³/mol. The first-order valence-corrected chi connectivity index (χ1v) is 7.63. The second kappa shape index (κ2) is 5.51. The summed E-state index contributed by atoms with van der Waals surface area (Å²) in [6, 6.07) is 8.03. The molecule has 3 aromatic rings. The van der Waals surface area contributed by atoms with Gasteiger partial charge in [-0.25, -0.2) is 14.5 Å². The van der Waals surface area contributed by atoms with Gasteiger partial charge in [0.05, 0.1) is 31.1 Å². The van der Waals surface area contributed by atoms with Gasteiger partial charge in [-0.3, -0.25) is 0 Å². The van der Waals surface area contributed by atoms with Crippen molar-refractivity contribution in [2.45, 2.75) is 13.0 Å². The van der Waals surface area contributed by atoms with Crippen LogP contribution in [0.1, 0.15) is 6.92 Å². The number of rotatable bonds is 2. The first-order chi connectivity index (χ1) is 11.2. The van der Waals surface area contributed by atoms with E-state index in [1.807, 2.05) is 35.0 Å². The number of nitrogen functional groups attached to an aromatic ring is 1. The minimum atomic E-state index is 0.303. The summed E-state index contributed by atoms with van der Waals surface area (Å²) in [4.78, 5) is 10.7. The van der Waals surface area contributed by atoms with Crippen molar-refractivity contribution < 1.29 is 4.74 Å². The molecular formula is C16H18N6O. The standard InChI is InChI=1S/C16H18N6O/c1-11-10-23-7-6-21(11)16-3-2-15-19-9-13(22(15)20-16)12-4-5-18-14(17)8-12/h2-5,8-9,11H,6-7,10H2,1H3,(H2,17,18). The number of ether oxygens (including phenoxy) is 1. The number of nitrogens with two attached hydrogens (primary N) is 1. The van der Waals surface area contributed by atoms with Crippen LogP contribution >= 0.6 is 0 Å². The Hall–Kier alpha value is -2.67. The molecule has 1 saturated heterocycles. The van der Waals surface area contributed by atoms with Crippen LogP contribution < -0.4 is 10.6 Å². The number of morpholine rings is 1. The number of aromatic nitrogens is 4. The van der Waals surface area contributed by atoms with Crippen LogP contribution in [-0.4, -0.2) is 45.4 Å². The van der Waals surface area contributed by atoms with Crippen molar-refractivity contribution in [3.63, 3.8) is 0 Å². The Labute approximate surface area is 133 Å². The van der Waals surface area contributed by atoms with E-state index in [0.717, 1.165) is 42.5 Å². The molecule has 4 heterocycles. The molecule has 1 unspecified atom stereocenters. The molecule has 0 radical (unpaired) electrons. The molecular weight excluding hydrogens is 292 g/mol. The molecule has 0 saturated carbocycles. The quantitative estimate of drug-likeness (QED) is 0.774. The lowest BCUT2D eigenvalue weighted by Crippen LogP contribution is -2.44. The summed E-state index contributed by atoms with van der Waals surface area (Å²) in [6.45, 7) is 4.43. The second-order valence-electron chi connectivity index (χ2n) is 5.69. The normalized spacial score (nSPS) is 18.5. The Balaban J connectivity index is 1.80. The second-order valence-corrected chi connectivity index (χ2v) is 5.69. The Morgan fingerprint density at radius 1 is 1.26 bits per heavy atom. The molecule has 1 atom stereocenters. The van der Waals surface area contributed by atoms with Gasteiger partial charge in [-0.15, -0.1) is 5.10 Å². The third kappa shape index (κ3) is 2.49. The van der Waals surface area contributed by atoms with Crippen molar-refractivity contribution >= 4 is 17.3 Å². The summed E-state index contributed by atoms with van der Waals surface area (Å²) in [5.74, 6) is 1.41. The summed E-state index contributed by atoms with van der Waals surface area (Å²) in [7, 11) is 0. The zero-order chi connectivity index (χ0) is 15.8. The van der Waals surface area contributed by atoms with E-state index in [0.29, 0.717) is 11.9 Å². The fourth-order valence-electron chi connectivity index (χ4n) is 2.89. The number of hydrogen-bond acceptors (Lipinski definition) is 6. The zero-order valence-corrected chi connectivity index (χ0v) is 12.9. The van der Waals surface area contributed by atoms with E-state index in [-0.39, 0.29) is 0 Å². The van der Waals surface area contributed by atoms with Crippen LogP contribution in [0.15, 0.2) is 36.7 Å². The van der Waals surface area contributed by atoms with Gasteiger partial charge in [-0.1, -0.05) is 0 Å². The van der Waals surface area contributed by atoms with Gasteiger partial charge in [0.15, 0.2) is 5.65 Å². The SMILES string of the molecule is CC1COCCN1c1ccc2ncc(-c3ccnc(N)c3)n2n1. The van der Waals surface area contributed by atoms with Gasteiger partial charge < -0.3 is 15.4 Å². The van der Waals surface area contributed by atoms with E-state index in [9.17, 15) is 0 Å². The topological polar surface area (TPSA) is 81.6 Å². The van der Waals surface area contributed by atoms with Crippen LogP contribution in [0.5, 0.6) is 0 Å².